The molecule has 0 spiro atoms. The number of nitrogens with zero attached hydrogens (tertiary/aromatic N) is 1. The summed E-state index contributed by atoms with van der Waals surface area (Å²) >= 11 is 6.49. The number of nitriles is 1. The van der Waals surface area contributed by atoms with Gasteiger partial charge < -0.3 is 0 Å². The van der Waals surface area contributed by atoms with Gasteiger partial charge in [0, 0.05) is 4.47 Å². The van der Waals surface area contributed by atoms with Crippen LogP contribution in [0.5, 0.6) is 0 Å². The van der Waals surface area contributed by atoms with E-state index in [1.54, 1.807) is 0 Å². The molecule has 11 heavy (non-hydrogen) atoms. The van der Waals surface area contributed by atoms with E-state index >= 15 is 0 Å². The van der Waals surface area contributed by atoms with Crippen LogP contribution in [0.1, 0.15) is 5.56 Å². The van der Waals surface area contributed by atoms with Gasteiger partial charge in [0.05, 0.1) is 0 Å². The molecule has 0 N–H and O–H groups in total. The Hall–Kier alpha value is -0.460. The maximum Gasteiger partial charge on any atom is 0.130 e. The summed E-state index contributed by atoms with van der Waals surface area (Å²) in [6.45, 7) is 2.07. The fourth-order valence-corrected chi connectivity index (χ4v) is 0.836. The highest BCUT2D eigenvalue weighted by Crippen LogP contribution is 2.13. The van der Waals surface area contributed by atoms with E-state index in [4.69, 9.17) is 5.26 Å². The number of hydrogen-bond donors (Lipinski definition) is 1. The SMILES string of the molecule is Cc1ccccc1Br.N#CS. The molecule has 0 aliphatic rings. The molecule has 0 bridgehead atoms. The zero-order chi connectivity index (χ0) is 8.69. The third-order valence-electron chi connectivity index (χ3n) is 1.08. The quantitative estimate of drug-likeness (QED) is 0.537. The van der Waals surface area contributed by atoms with Gasteiger partial charge in [-0.05, 0) is 18.6 Å². The van der Waals surface area contributed by atoms with E-state index in [9.17, 15) is 0 Å². The second kappa shape index (κ2) is 6.26. The summed E-state index contributed by atoms with van der Waals surface area (Å²) in [5, 5.41) is 8.63. The van der Waals surface area contributed by atoms with Crippen LogP contribution in [0.4, 0.5) is 0 Å². The lowest BCUT2D eigenvalue weighted by atomic mass is 10.2. The molecular formula is C8H8BrNS. The lowest BCUT2D eigenvalue weighted by Gasteiger charge is -1.91. The van der Waals surface area contributed by atoms with Crippen molar-refractivity contribution in [3.63, 3.8) is 0 Å². The Morgan fingerprint density at radius 2 is 1.91 bits per heavy atom. The minimum absolute atomic E-state index is 1.18. The van der Waals surface area contributed by atoms with Gasteiger partial charge in [0.25, 0.3) is 0 Å². The van der Waals surface area contributed by atoms with Gasteiger partial charge in [-0.3, -0.25) is 0 Å². The first-order valence-electron chi connectivity index (χ1n) is 2.96. The molecule has 0 atom stereocenters. The zero-order valence-corrected chi connectivity index (χ0v) is 8.56. The summed E-state index contributed by atoms with van der Waals surface area (Å²) in [6.07, 6.45) is 0. The monoisotopic (exact) mass is 229 g/mol. The van der Waals surface area contributed by atoms with Crippen LogP contribution in [0.15, 0.2) is 28.7 Å². The van der Waals surface area contributed by atoms with Crippen molar-refractivity contribution in [1.82, 2.24) is 0 Å². The number of thiocyanates is 1. The van der Waals surface area contributed by atoms with E-state index < -0.39 is 0 Å². The summed E-state index contributed by atoms with van der Waals surface area (Å²) in [5.74, 6) is 0. The van der Waals surface area contributed by atoms with Crippen molar-refractivity contribution in [3.05, 3.63) is 34.3 Å². The molecule has 1 rings (SSSR count). The number of aryl methyl sites for hydroxylation is 1. The number of thiol groups is 1. The van der Waals surface area contributed by atoms with Crippen molar-refractivity contribution in [3.8, 4) is 5.40 Å². The summed E-state index contributed by atoms with van der Waals surface area (Å²) in [5.41, 5.74) is 1.28. The Morgan fingerprint density at radius 3 is 2.18 bits per heavy atom. The Bertz CT molecular complexity index is 234. The predicted octanol–water partition coefficient (Wildman–Crippen LogP) is 3.15. The highest BCUT2D eigenvalue weighted by Gasteiger charge is 1.86. The minimum atomic E-state index is 1.18. The van der Waals surface area contributed by atoms with Crippen molar-refractivity contribution >= 4 is 28.6 Å². The Morgan fingerprint density at radius 1 is 1.45 bits per heavy atom. The van der Waals surface area contributed by atoms with Crippen LogP contribution < -0.4 is 0 Å². The molecule has 1 nitrogen and oxygen atoms in total. The largest absolute Gasteiger partial charge is 0.185 e. The molecule has 1 aromatic rings. The average Bonchev–Trinajstić information content (AvgIpc) is 1.97. The molecule has 0 aliphatic carbocycles. The molecule has 0 aromatic heterocycles. The average molecular weight is 230 g/mol. The van der Waals surface area contributed by atoms with Gasteiger partial charge in [-0.15, -0.1) is 0 Å². The van der Waals surface area contributed by atoms with Gasteiger partial charge in [-0.1, -0.05) is 46.8 Å². The van der Waals surface area contributed by atoms with Gasteiger partial charge in [-0.25, -0.2) is 0 Å². The second-order valence-corrected chi connectivity index (χ2v) is 2.90. The molecule has 3 heteroatoms. The number of hydrogen-bond acceptors (Lipinski definition) is 2. The summed E-state index contributed by atoms with van der Waals surface area (Å²) < 4.78 is 1.18. The topological polar surface area (TPSA) is 23.8 Å². The normalized spacial score (nSPS) is 7.45. The third kappa shape index (κ3) is 4.88. The van der Waals surface area contributed by atoms with Crippen molar-refractivity contribution in [2.45, 2.75) is 6.92 Å². The molecule has 0 unspecified atom stereocenters. The predicted molar refractivity (Wildman–Crippen MR) is 53.5 cm³/mol. The lowest BCUT2D eigenvalue weighted by molar-refractivity contribution is 1.43. The first-order valence-corrected chi connectivity index (χ1v) is 4.20. The van der Waals surface area contributed by atoms with Crippen LogP contribution in [0.2, 0.25) is 0 Å². The first-order chi connectivity index (χ1) is 5.22. The van der Waals surface area contributed by atoms with Crippen molar-refractivity contribution < 1.29 is 0 Å². The number of rotatable bonds is 0. The van der Waals surface area contributed by atoms with Gasteiger partial charge in [0.15, 0.2) is 0 Å². The maximum absolute atomic E-state index is 7.18. The fourth-order valence-electron chi connectivity index (χ4n) is 0.551. The molecule has 0 aliphatic heterocycles. The molecule has 1 aromatic carbocycles. The molecule has 0 amide bonds. The summed E-state index contributed by atoms with van der Waals surface area (Å²) in [4.78, 5) is 0. The van der Waals surface area contributed by atoms with E-state index in [1.165, 1.54) is 15.4 Å². The molecule has 58 valence electrons. The van der Waals surface area contributed by atoms with Crippen LogP contribution in [0.3, 0.4) is 0 Å². The fraction of sp³-hybridized carbons (Fsp3) is 0.125. The smallest absolute Gasteiger partial charge is 0.130 e. The van der Waals surface area contributed by atoms with Gasteiger partial charge in [-0.2, -0.15) is 5.26 Å². The van der Waals surface area contributed by atoms with Crippen LogP contribution in [-0.4, -0.2) is 0 Å². The second-order valence-electron chi connectivity index (χ2n) is 1.85. The number of halogens is 1. The molecule has 0 radical (unpaired) electrons. The third-order valence-corrected chi connectivity index (χ3v) is 1.97. The van der Waals surface area contributed by atoms with Gasteiger partial charge >= 0.3 is 0 Å². The molecule has 0 saturated heterocycles. The van der Waals surface area contributed by atoms with Crippen molar-refractivity contribution in [1.29, 1.82) is 5.26 Å². The number of benzene rings is 1. The lowest BCUT2D eigenvalue weighted by Crippen LogP contribution is -1.69. The summed E-state index contributed by atoms with van der Waals surface area (Å²) in [6, 6.07) is 8.15. The molecule has 0 fully saturated rings. The molecular weight excluding hydrogens is 222 g/mol. The minimum Gasteiger partial charge on any atom is -0.185 e. The highest BCUT2D eigenvalue weighted by atomic mass is 79.9. The van der Waals surface area contributed by atoms with E-state index in [0.717, 1.165) is 0 Å². The van der Waals surface area contributed by atoms with Crippen molar-refractivity contribution in [2.24, 2.45) is 0 Å². The van der Waals surface area contributed by atoms with E-state index in [0.29, 0.717) is 0 Å². The Labute approximate surface area is 80.6 Å². The van der Waals surface area contributed by atoms with Crippen LogP contribution in [-0.2, 0) is 0 Å². The Kier molecular flexibility index (Phi) is 6.00. The van der Waals surface area contributed by atoms with E-state index in [2.05, 4.69) is 41.5 Å². The zero-order valence-electron chi connectivity index (χ0n) is 6.08. The maximum atomic E-state index is 7.18. The van der Waals surface area contributed by atoms with E-state index in [1.807, 2.05) is 18.2 Å². The van der Waals surface area contributed by atoms with Gasteiger partial charge in [0.1, 0.15) is 5.40 Å². The molecule has 0 heterocycles. The van der Waals surface area contributed by atoms with Crippen LogP contribution in [0.25, 0.3) is 0 Å². The van der Waals surface area contributed by atoms with Crippen LogP contribution in [0, 0.1) is 17.6 Å². The van der Waals surface area contributed by atoms with Gasteiger partial charge in [0.2, 0.25) is 0 Å². The molecule has 0 saturated carbocycles. The summed E-state index contributed by atoms with van der Waals surface area (Å²) in [7, 11) is 0. The first kappa shape index (κ1) is 10.5. The highest BCUT2D eigenvalue weighted by molar-refractivity contribution is 9.10. The Balaban J connectivity index is 0.000000292. The standard InChI is InChI=1S/C7H7Br.CHNS/c1-6-4-2-3-5-7(6)8;2-1-3/h2-5H,1H3;3H. The van der Waals surface area contributed by atoms with Crippen molar-refractivity contribution in [2.75, 3.05) is 0 Å². The van der Waals surface area contributed by atoms with Crippen LogP contribution >= 0.6 is 28.6 Å². The van der Waals surface area contributed by atoms with E-state index in [-0.39, 0.29) is 0 Å².